The van der Waals surface area contributed by atoms with Crippen LogP contribution in [0.1, 0.15) is 102 Å². The largest absolute Gasteiger partial charge is 0.492 e. The average molecular weight is 611 g/mol. The van der Waals surface area contributed by atoms with E-state index in [9.17, 15) is 9.59 Å². The molecule has 3 fully saturated rings. The number of carbonyl (C=O) groups excluding carboxylic acids is 2. The first-order valence-electron chi connectivity index (χ1n) is 17.4. The highest BCUT2D eigenvalue weighted by atomic mass is 16.5. The summed E-state index contributed by atoms with van der Waals surface area (Å²) in [5, 5.41) is 7.17. The summed E-state index contributed by atoms with van der Waals surface area (Å²) < 4.78 is 16.7. The number of methoxy groups -OCH3 is 1. The number of carbonyl (C=O) groups is 2. The van der Waals surface area contributed by atoms with Crippen LogP contribution in [0.4, 0.5) is 0 Å². The summed E-state index contributed by atoms with van der Waals surface area (Å²) in [5.74, 6) is 3.52. The van der Waals surface area contributed by atoms with E-state index in [0.717, 1.165) is 62.5 Å². The number of nitrogens with one attached hydrogen (secondary N) is 2. The van der Waals surface area contributed by atoms with Gasteiger partial charge in [-0.2, -0.15) is 0 Å². The lowest BCUT2D eigenvalue weighted by atomic mass is 9.75. The SMILES string of the molecule is C=CC(=O)OCC1CCC(CCC(=O)NC2CCC(CC3CCC(NC(COC)COc4ccc(C)cc4)CC3)CC2)CC1. The van der Waals surface area contributed by atoms with Crippen molar-refractivity contribution in [3.8, 4) is 5.75 Å². The Morgan fingerprint density at radius 1 is 0.841 bits per heavy atom. The average Bonchev–Trinajstić information content (AvgIpc) is 3.04. The summed E-state index contributed by atoms with van der Waals surface area (Å²) in [4.78, 5) is 24.0. The fourth-order valence-electron chi connectivity index (χ4n) is 7.67. The highest BCUT2D eigenvalue weighted by molar-refractivity contribution is 5.81. The predicted molar refractivity (Wildman–Crippen MR) is 176 cm³/mol. The third kappa shape index (κ3) is 12.2. The lowest BCUT2D eigenvalue weighted by molar-refractivity contribution is -0.139. The molecule has 246 valence electrons. The number of hydrogen-bond acceptors (Lipinski definition) is 6. The molecule has 0 radical (unpaired) electrons. The van der Waals surface area contributed by atoms with E-state index in [1.807, 2.05) is 12.1 Å². The van der Waals surface area contributed by atoms with Crippen molar-refractivity contribution in [3.63, 3.8) is 0 Å². The zero-order valence-corrected chi connectivity index (χ0v) is 27.4. The summed E-state index contributed by atoms with van der Waals surface area (Å²) in [6, 6.07) is 9.34. The number of aryl methyl sites for hydroxylation is 1. The van der Waals surface area contributed by atoms with Crippen LogP contribution in [0.5, 0.6) is 5.75 Å². The van der Waals surface area contributed by atoms with E-state index in [4.69, 9.17) is 14.2 Å². The number of hydrogen-bond donors (Lipinski definition) is 2. The van der Waals surface area contributed by atoms with Gasteiger partial charge in [0.25, 0.3) is 0 Å². The molecule has 0 saturated heterocycles. The molecule has 44 heavy (non-hydrogen) atoms. The van der Waals surface area contributed by atoms with Crippen molar-refractivity contribution in [2.45, 2.75) is 121 Å². The Kier molecular flexibility index (Phi) is 14.5. The Bertz CT molecular complexity index is 990. The summed E-state index contributed by atoms with van der Waals surface area (Å²) in [6.07, 6.45) is 18.4. The second-order valence-corrected chi connectivity index (χ2v) is 13.9. The van der Waals surface area contributed by atoms with Crippen molar-refractivity contribution in [2.75, 3.05) is 26.9 Å². The van der Waals surface area contributed by atoms with Gasteiger partial charge in [-0.15, -0.1) is 0 Å². The van der Waals surface area contributed by atoms with Crippen LogP contribution in [-0.4, -0.2) is 56.9 Å². The molecule has 0 spiro atoms. The quantitative estimate of drug-likeness (QED) is 0.156. The molecule has 1 atom stereocenters. The molecule has 0 bridgehead atoms. The summed E-state index contributed by atoms with van der Waals surface area (Å²) in [6.45, 7) is 7.32. The molecule has 1 aromatic carbocycles. The van der Waals surface area contributed by atoms with Gasteiger partial charge in [0.15, 0.2) is 0 Å². The topological polar surface area (TPSA) is 85.9 Å². The van der Waals surface area contributed by atoms with Gasteiger partial charge in [-0.05, 0) is 120 Å². The maximum atomic E-state index is 12.7. The van der Waals surface area contributed by atoms with Gasteiger partial charge >= 0.3 is 5.97 Å². The van der Waals surface area contributed by atoms with Crippen molar-refractivity contribution >= 4 is 11.9 Å². The van der Waals surface area contributed by atoms with Gasteiger partial charge in [0, 0.05) is 31.7 Å². The minimum Gasteiger partial charge on any atom is -0.492 e. The molecule has 1 unspecified atom stereocenters. The number of ether oxygens (including phenoxy) is 3. The minimum absolute atomic E-state index is 0.198. The van der Waals surface area contributed by atoms with Crippen LogP contribution in [0.3, 0.4) is 0 Å². The Morgan fingerprint density at radius 2 is 1.43 bits per heavy atom. The highest BCUT2D eigenvalue weighted by Gasteiger charge is 2.29. The molecule has 7 nitrogen and oxygen atoms in total. The molecule has 3 saturated carbocycles. The van der Waals surface area contributed by atoms with Gasteiger partial charge in [0.2, 0.25) is 5.91 Å². The maximum absolute atomic E-state index is 12.7. The van der Waals surface area contributed by atoms with Gasteiger partial charge in [-0.3, -0.25) is 4.79 Å². The first-order chi connectivity index (χ1) is 21.4. The van der Waals surface area contributed by atoms with Gasteiger partial charge in [-0.25, -0.2) is 4.79 Å². The van der Waals surface area contributed by atoms with Crippen LogP contribution in [0.15, 0.2) is 36.9 Å². The Labute approximate surface area is 266 Å². The first-order valence-corrected chi connectivity index (χ1v) is 17.4. The van der Waals surface area contributed by atoms with Gasteiger partial charge in [0.1, 0.15) is 12.4 Å². The van der Waals surface area contributed by atoms with E-state index in [-0.39, 0.29) is 17.9 Å². The highest BCUT2D eigenvalue weighted by Crippen LogP contribution is 2.36. The number of rotatable bonds is 16. The van der Waals surface area contributed by atoms with Crippen LogP contribution in [0.2, 0.25) is 0 Å². The van der Waals surface area contributed by atoms with Crippen molar-refractivity contribution in [1.82, 2.24) is 10.6 Å². The Balaban J connectivity index is 1.04. The molecule has 1 aromatic rings. The minimum atomic E-state index is -0.332. The maximum Gasteiger partial charge on any atom is 0.330 e. The predicted octanol–water partition coefficient (Wildman–Crippen LogP) is 6.92. The summed E-state index contributed by atoms with van der Waals surface area (Å²) in [7, 11) is 1.76. The first kappa shape index (κ1) is 34.5. The normalized spacial score (nSPS) is 28.0. The Morgan fingerprint density at radius 3 is 2.05 bits per heavy atom. The van der Waals surface area contributed by atoms with Crippen LogP contribution in [-0.2, 0) is 19.1 Å². The summed E-state index contributed by atoms with van der Waals surface area (Å²) in [5.41, 5.74) is 1.24. The van der Waals surface area contributed by atoms with Crippen molar-refractivity contribution < 1.29 is 23.8 Å². The number of esters is 1. The molecule has 7 heteroatoms. The third-order valence-corrected chi connectivity index (χ3v) is 10.4. The molecule has 0 aliphatic heterocycles. The standard InChI is InChI=1S/C37H58N2O5/c1-4-37(41)44-24-31-9-7-28(8-10-31)15-22-36(40)39-33-18-13-30(14-19-33)23-29-11-16-32(17-12-29)38-34(25-42-3)26-43-35-20-5-27(2)6-21-35/h4-6,20-21,28-34,38H,1,7-19,22-26H2,2-3H3,(H,39,40). The fraction of sp³-hybridized carbons (Fsp3) is 0.730. The van der Waals surface area contributed by atoms with Crippen molar-refractivity contribution in [2.24, 2.45) is 23.7 Å². The van der Waals surface area contributed by atoms with Gasteiger partial charge in [-0.1, -0.05) is 37.1 Å². The third-order valence-electron chi connectivity index (χ3n) is 10.4. The van der Waals surface area contributed by atoms with Crippen molar-refractivity contribution in [3.05, 3.63) is 42.5 Å². The second-order valence-electron chi connectivity index (χ2n) is 13.9. The molecule has 0 aromatic heterocycles. The van der Waals surface area contributed by atoms with E-state index in [0.29, 0.717) is 50.2 Å². The molecule has 4 rings (SSSR count). The van der Waals surface area contributed by atoms with Crippen LogP contribution >= 0.6 is 0 Å². The Hall–Kier alpha value is -2.38. The molecule has 1 amide bonds. The lowest BCUT2D eigenvalue weighted by Gasteiger charge is -2.35. The second kappa shape index (κ2) is 18.6. The molecule has 3 aliphatic carbocycles. The van der Waals surface area contributed by atoms with Crippen LogP contribution in [0.25, 0.3) is 0 Å². The van der Waals surface area contributed by atoms with E-state index >= 15 is 0 Å². The monoisotopic (exact) mass is 610 g/mol. The van der Waals surface area contributed by atoms with Crippen LogP contribution in [0, 0.1) is 30.6 Å². The molecule has 2 N–H and O–H groups in total. The van der Waals surface area contributed by atoms with E-state index < -0.39 is 0 Å². The van der Waals surface area contributed by atoms with Crippen molar-refractivity contribution in [1.29, 1.82) is 0 Å². The summed E-state index contributed by atoms with van der Waals surface area (Å²) >= 11 is 0. The zero-order valence-electron chi connectivity index (χ0n) is 27.4. The molecule has 0 heterocycles. The zero-order chi connectivity index (χ0) is 31.1. The molecule has 3 aliphatic rings. The molecular weight excluding hydrogens is 552 g/mol. The fourth-order valence-corrected chi connectivity index (χ4v) is 7.67. The number of amides is 1. The van der Waals surface area contributed by atoms with Gasteiger partial charge < -0.3 is 24.8 Å². The van der Waals surface area contributed by atoms with E-state index in [1.54, 1.807) is 7.11 Å². The van der Waals surface area contributed by atoms with Crippen LogP contribution < -0.4 is 15.4 Å². The molecular formula is C37H58N2O5. The van der Waals surface area contributed by atoms with E-state index in [2.05, 4.69) is 36.3 Å². The van der Waals surface area contributed by atoms with Gasteiger partial charge in [0.05, 0.1) is 19.3 Å². The smallest absolute Gasteiger partial charge is 0.330 e. The lowest BCUT2D eigenvalue weighted by Crippen LogP contribution is -2.46. The van der Waals surface area contributed by atoms with E-state index in [1.165, 1.54) is 56.6 Å². The number of benzene rings is 1.